The number of rotatable bonds is 8. The average Bonchev–Trinajstić information content (AvgIpc) is 2.38. The fourth-order valence-electron chi connectivity index (χ4n) is 2.04. The van der Waals surface area contributed by atoms with Crippen LogP contribution in [0.25, 0.3) is 0 Å². The van der Waals surface area contributed by atoms with Gasteiger partial charge in [-0.3, -0.25) is 10.1 Å². The molecule has 0 spiro atoms. The fraction of sp³-hybridized carbons (Fsp3) is 0.571. The van der Waals surface area contributed by atoms with Crippen LogP contribution in [0.5, 0.6) is 0 Å². The van der Waals surface area contributed by atoms with Crippen LogP contribution in [0.15, 0.2) is 18.2 Å². The van der Waals surface area contributed by atoms with Gasteiger partial charge in [-0.1, -0.05) is 50.8 Å². The zero-order valence-corrected chi connectivity index (χ0v) is 12.2. The molecule has 1 unspecified atom stereocenters. The van der Waals surface area contributed by atoms with Crippen LogP contribution in [-0.2, 0) is 0 Å². The number of nitro benzene ring substituents is 1. The molecule has 0 aliphatic carbocycles. The van der Waals surface area contributed by atoms with Crippen LogP contribution in [0.3, 0.4) is 0 Å². The number of hydrogen-bond acceptors (Lipinski definition) is 3. The van der Waals surface area contributed by atoms with Crippen molar-refractivity contribution in [1.29, 1.82) is 0 Å². The van der Waals surface area contributed by atoms with Gasteiger partial charge in [-0.2, -0.15) is 0 Å². The first-order chi connectivity index (χ1) is 9.10. The van der Waals surface area contributed by atoms with E-state index in [-0.39, 0.29) is 10.7 Å². The van der Waals surface area contributed by atoms with E-state index in [1.807, 2.05) is 0 Å². The Hall–Kier alpha value is -1.29. The molecule has 0 aliphatic rings. The molecule has 0 aromatic heterocycles. The molecule has 0 heterocycles. The van der Waals surface area contributed by atoms with Crippen molar-refractivity contribution >= 4 is 23.0 Å². The Kier molecular flexibility index (Phi) is 6.64. The lowest BCUT2D eigenvalue weighted by atomic mass is 9.99. The minimum Gasteiger partial charge on any atom is -0.379 e. The number of unbranched alkanes of at least 4 members (excludes halogenated alkanes) is 1. The number of nitrogens with zero attached hydrogens (tertiary/aromatic N) is 1. The number of hydrogen-bond donors (Lipinski definition) is 1. The van der Waals surface area contributed by atoms with Crippen molar-refractivity contribution in [1.82, 2.24) is 0 Å². The second-order valence-corrected chi connectivity index (χ2v) is 5.10. The molecular formula is C14H21ClN2O2. The summed E-state index contributed by atoms with van der Waals surface area (Å²) in [5.74, 6) is 0.540. The summed E-state index contributed by atoms with van der Waals surface area (Å²) in [6.07, 6.45) is 4.58. The molecular weight excluding hydrogens is 264 g/mol. The monoisotopic (exact) mass is 284 g/mol. The number of anilines is 1. The van der Waals surface area contributed by atoms with Crippen LogP contribution in [0, 0.1) is 16.0 Å². The summed E-state index contributed by atoms with van der Waals surface area (Å²) >= 11 is 5.88. The van der Waals surface area contributed by atoms with Crippen LogP contribution in [0.2, 0.25) is 5.02 Å². The van der Waals surface area contributed by atoms with E-state index in [0.717, 1.165) is 19.4 Å². The summed E-state index contributed by atoms with van der Waals surface area (Å²) in [6, 6.07) is 4.97. The lowest BCUT2D eigenvalue weighted by Crippen LogP contribution is -2.14. The zero-order valence-electron chi connectivity index (χ0n) is 11.5. The maximum atomic E-state index is 11.0. The molecule has 0 saturated heterocycles. The quantitative estimate of drug-likeness (QED) is 0.547. The van der Waals surface area contributed by atoms with Crippen molar-refractivity contribution in [3.63, 3.8) is 0 Å². The van der Waals surface area contributed by atoms with E-state index in [4.69, 9.17) is 11.6 Å². The normalized spacial score (nSPS) is 12.2. The Labute approximate surface area is 119 Å². The Balaban J connectivity index is 2.71. The van der Waals surface area contributed by atoms with Crippen LogP contribution in [-0.4, -0.2) is 11.5 Å². The third-order valence-corrected chi connectivity index (χ3v) is 3.60. The van der Waals surface area contributed by atoms with Crippen molar-refractivity contribution in [3.8, 4) is 0 Å². The van der Waals surface area contributed by atoms with E-state index in [0.29, 0.717) is 11.6 Å². The minimum atomic E-state index is -0.433. The van der Waals surface area contributed by atoms with Gasteiger partial charge in [-0.15, -0.1) is 0 Å². The third-order valence-electron chi connectivity index (χ3n) is 3.29. The van der Waals surface area contributed by atoms with Crippen molar-refractivity contribution in [2.24, 2.45) is 5.92 Å². The largest absolute Gasteiger partial charge is 0.379 e. The van der Waals surface area contributed by atoms with Crippen LogP contribution >= 0.6 is 11.6 Å². The Bertz CT molecular complexity index is 424. The van der Waals surface area contributed by atoms with Gasteiger partial charge in [0.05, 0.1) is 4.92 Å². The van der Waals surface area contributed by atoms with Gasteiger partial charge >= 0.3 is 5.69 Å². The zero-order chi connectivity index (χ0) is 14.3. The molecule has 0 amide bonds. The first-order valence-corrected chi connectivity index (χ1v) is 7.14. The van der Waals surface area contributed by atoms with Crippen LogP contribution in [0.4, 0.5) is 11.4 Å². The number of halogens is 1. The van der Waals surface area contributed by atoms with Gasteiger partial charge in [-0.25, -0.2) is 0 Å². The van der Waals surface area contributed by atoms with Gasteiger partial charge in [0.1, 0.15) is 10.7 Å². The summed E-state index contributed by atoms with van der Waals surface area (Å²) in [6.45, 7) is 5.06. The van der Waals surface area contributed by atoms with Crippen molar-refractivity contribution in [2.75, 3.05) is 11.9 Å². The van der Waals surface area contributed by atoms with Gasteiger partial charge < -0.3 is 5.32 Å². The highest BCUT2D eigenvalue weighted by Gasteiger charge is 2.18. The third kappa shape index (κ3) is 4.71. The summed E-state index contributed by atoms with van der Waals surface area (Å²) in [7, 11) is 0. The van der Waals surface area contributed by atoms with E-state index in [2.05, 4.69) is 19.2 Å². The predicted molar refractivity (Wildman–Crippen MR) is 79.9 cm³/mol. The van der Waals surface area contributed by atoms with Gasteiger partial charge in [-0.05, 0) is 24.5 Å². The second-order valence-electron chi connectivity index (χ2n) is 4.69. The summed E-state index contributed by atoms with van der Waals surface area (Å²) < 4.78 is 0. The molecule has 1 N–H and O–H groups in total. The predicted octanol–water partition coefficient (Wildman–Crippen LogP) is 4.88. The average molecular weight is 285 g/mol. The first kappa shape index (κ1) is 15.8. The number of benzene rings is 1. The number of para-hydroxylation sites is 1. The van der Waals surface area contributed by atoms with Gasteiger partial charge in [0, 0.05) is 6.54 Å². The molecule has 0 radical (unpaired) electrons. The molecule has 1 rings (SSSR count). The van der Waals surface area contributed by atoms with Crippen molar-refractivity contribution in [2.45, 2.75) is 39.5 Å². The Morgan fingerprint density at radius 3 is 2.74 bits per heavy atom. The van der Waals surface area contributed by atoms with E-state index in [1.54, 1.807) is 18.2 Å². The molecule has 1 atom stereocenters. The molecule has 0 fully saturated rings. The highest BCUT2D eigenvalue weighted by Crippen LogP contribution is 2.32. The van der Waals surface area contributed by atoms with Crippen LogP contribution in [0.1, 0.15) is 39.5 Å². The standard InChI is InChI=1S/C14H21ClN2O2/c1-3-5-7-11(4-2)10-16-13-9-6-8-12(15)14(13)17(18)19/h6,8-9,11,16H,3-5,7,10H2,1-2H3. The van der Waals surface area contributed by atoms with Gasteiger partial charge in [0.25, 0.3) is 0 Å². The number of nitrogens with one attached hydrogen (secondary N) is 1. The van der Waals surface area contributed by atoms with Crippen LogP contribution < -0.4 is 5.32 Å². The Morgan fingerprint density at radius 2 is 2.16 bits per heavy atom. The maximum Gasteiger partial charge on any atom is 0.310 e. The summed E-state index contributed by atoms with van der Waals surface area (Å²) in [5, 5.41) is 14.4. The molecule has 1 aromatic carbocycles. The molecule has 0 bridgehead atoms. The molecule has 106 valence electrons. The fourth-order valence-corrected chi connectivity index (χ4v) is 2.28. The second kappa shape index (κ2) is 8.00. The molecule has 4 nitrogen and oxygen atoms in total. The lowest BCUT2D eigenvalue weighted by molar-refractivity contribution is -0.383. The van der Waals surface area contributed by atoms with E-state index >= 15 is 0 Å². The maximum absolute atomic E-state index is 11.0. The van der Waals surface area contributed by atoms with E-state index < -0.39 is 4.92 Å². The van der Waals surface area contributed by atoms with E-state index in [1.165, 1.54) is 12.8 Å². The molecule has 1 aromatic rings. The van der Waals surface area contributed by atoms with Crippen molar-refractivity contribution in [3.05, 3.63) is 33.3 Å². The van der Waals surface area contributed by atoms with Crippen molar-refractivity contribution < 1.29 is 4.92 Å². The minimum absolute atomic E-state index is 0.0329. The highest BCUT2D eigenvalue weighted by atomic mass is 35.5. The lowest BCUT2D eigenvalue weighted by Gasteiger charge is -2.16. The highest BCUT2D eigenvalue weighted by molar-refractivity contribution is 6.33. The SMILES string of the molecule is CCCCC(CC)CNc1cccc(Cl)c1[N+](=O)[O-]. The first-order valence-electron chi connectivity index (χ1n) is 6.76. The smallest absolute Gasteiger partial charge is 0.310 e. The molecule has 5 heteroatoms. The van der Waals surface area contributed by atoms with E-state index in [9.17, 15) is 10.1 Å². The summed E-state index contributed by atoms with van der Waals surface area (Å²) in [5.41, 5.74) is 0.474. The molecule has 0 aliphatic heterocycles. The number of nitro groups is 1. The molecule has 19 heavy (non-hydrogen) atoms. The van der Waals surface area contributed by atoms with Gasteiger partial charge in [0.15, 0.2) is 0 Å². The summed E-state index contributed by atoms with van der Waals surface area (Å²) in [4.78, 5) is 10.6. The molecule has 0 saturated carbocycles. The Morgan fingerprint density at radius 1 is 1.42 bits per heavy atom. The topological polar surface area (TPSA) is 55.2 Å². The van der Waals surface area contributed by atoms with Gasteiger partial charge in [0.2, 0.25) is 0 Å².